The van der Waals surface area contributed by atoms with Gasteiger partial charge in [-0.2, -0.15) is 0 Å². The number of methoxy groups -OCH3 is 2. The van der Waals surface area contributed by atoms with Crippen molar-refractivity contribution in [2.24, 2.45) is 0 Å². The van der Waals surface area contributed by atoms with E-state index >= 15 is 0 Å². The van der Waals surface area contributed by atoms with Gasteiger partial charge in [-0.25, -0.2) is 8.42 Å². The number of hydrogen-bond donors (Lipinski definition) is 1. The summed E-state index contributed by atoms with van der Waals surface area (Å²) in [5, 5.41) is 4.67. The van der Waals surface area contributed by atoms with Crippen LogP contribution in [-0.4, -0.2) is 35.1 Å². The fraction of sp³-hybridized carbons (Fsp3) is 0.261. The van der Waals surface area contributed by atoms with Crippen molar-refractivity contribution >= 4 is 38.6 Å². The minimum Gasteiger partial charge on any atom is -0.493 e. The van der Waals surface area contributed by atoms with Gasteiger partial charge in [0.2, 0.25) is 5.91 Å². The van der Waals surface area contributed by atoms with Gasteiger partial charge in [0.15, 0.2) is 11.5 Å². The van der Waals surface area contributed by atoms with Crippen molar-refractivity contribution in [3.05, 3.63) is 65.0 Å². The van der Waals surface area contributed by atoms with Crippen LogP contribution < -0.4 is 19.1 Å². The Morgan fingerprint density at radius 3 is 2.62 bits per heavy atom. The molecular formula is C23H24N2O5S2. The summed E-state index contributed by atoms with van der Waals surface area (Å²) in [5.74, 6) is 1.00. The number of carbonyl (C=O) groups is 1. The van der Waals surface area contributed by atoms with Crippen LogP contribution in [0, 0.1) is 0 Å². The van der Waals surface area contributed by atoms with E-state index in [-0.39, 0.29) is 12.3 Å². The number of anilines is 2. The Morgan fingerprint density at radius 1 is 1.09 bits per heavy atom. The Bertz CT molecular complexity index is 1220. The van der Waals surface area contributed by atoms with Gasteiger partial charge in [0.25, 0.3) is 10.0 Å². The highest BCUT2D eigenvalue weighted by atomic mass is 32.2. The molecule has 7 nitrogen and oxygen atoms in total. The Labute approximate surface area is 191 Å². The molecule has 0 bridgehead atoms. The monoisotopic (exact) mass is 472 g/mol. The molecule has 168 valence electrons. The lowest BCUT2D eigenvalue weighted by Crippen LogP contribution is -2.35. The lowest BCUT2D eigenvalue weighted by molar-refractivity contribution is -0.115. The summed E-state index contributed by atoms with van der Waals surface area (Å²) in [7, 11) is -0.464. The minimum absolute atomic E-state index is 0.170. The number of benzene rings is 2. The molecule has 2 heterocycles. The summed E-state index contributed by atoms with van der Waals surface area (Å²) in [5.41, 5.74) is 3.01. The second-order valence-electron chi connectivity index (χ2n) is 7.37. The van der Waals surface area contributed by atoms with Crippen LogP contribution in [0.2, 0.25) is 0 Å². The average molecular weight is 473 g/mol. The van der Waals surface area contributed by atoms with E-state index in [0.717, 1.165) is 24.0 Å². The van der Waals surface area contributed by atoms with Crippen LogP contribution in [0.25, 0.3) is 0 Å². The third-order valence-electron chi connectivity index (χ3n) is 5.29. The van der Waals surface area contributed by atoms with Gasteiger partial charge in [0.1, 0.15) is 4.21 Å². The summed E-state index contributed by atoms with van der Waals surface area (Å²) < 4.78 is 38.4. The van der Waals surface area contributed by atoms with Gasteiger partial charge in [0.05, 0.1) is 26.3 Å². The van der Waals surface area contributed by atoms with Gasteiger partial charge in [0, 0.05) is 12.2 Å². The number of amides is 1. The lowest BCUT2D eigenvalue weighted by Gasteiger charge is -2.30. The van der Waals surface area contributed by atoms with E-state index in [4.69, 9.17) is 9.47 Å². The van der Waals surface area contributed by atoms with Gasteiger partial charge in [-0.05, 0) is 65.7 Å². The predicted octanol–water partition coefficient (Wildman–Crippen LogP) is 4.09. The second-order valence-corrected chi connectivity index (χ2v) is 10.4. The van der Waals surface area contributed by atoms with Crippen LogP contribution in [0.1, 0.15) is 17.5 Å². The number of thiophene rings is 1. The standard InChI is InChI=1S/C23H24N2O5S2/c1-29-20-10-7-16(13-21(20)30-2)14-22(26)24-18-8-9-19-17(15-18)5-3-11-25(19)32(27,28)23-6-4-12-31-23/h4,6-10,12-13,15H,3,5,11,14H2,1-2H3,(H,24,26). The van der Waals surface area contributed by atoms with Gasteiger partial charge in [-0.3, -0.25) is 9.10 Å². The Hall–Kier alpha value is -3.04. The summed E-state index contributed by atoms with van der Waals surface area (Å²) >= 11 is 1.21. The van der Waals surface area contributed by atoms with Crippen molar-refractivity contribution in [3.8, 4) is 11.5 Å². The van der Waals surface area contributed by atoms with E-state index in [0.29, 0.717) is 33.6 Å². The highest BCUT2D eigenvalue weighted by Gasteiger charge is 2.30. The Balaban J connectivity index is 1.50. The highest BCUT2D eigenvalue weighted by Crippen LogP contribution is 2.35. The number of aryl methyl sites for hydroxylation is 1. The van der Waals surface area contributed by atoms with E-state index in [2.05, 4.69) is 5.32 Å². The van der Waals surface area contributed by atoms with Crippen LogP contribution in [0.3, 0.4) is 0 Å². The van der Waals surface area contributed by atoms with Gasteiger partial charge in [-0.15, -0.1) is 11.3 Å². The first-order valence-electron chi connectivity index (χ1n) is 10.1. The van der Waals surface area contributed by atoms with Gasteiger partial charge in [-0.1, -0.05) is 12.1 Å². The third kappa shape index (κ3) is 4.44. The molecule has 1 amide bonds. The fourth-order valence-corrected chi connectivity index (χ4v) is 6.44. The topological polar surface area (TPSA) is 84.9 Å². The number of nitrogens with zero attached hydrogens (tertiary/aromatic N) is 1. The zero-order chi connectivity index (χ0) is 22.7. The van der Waals surface area contributed by atoms with E-state index in [1.807, 2.05) is 12.1 Å². The molecule has 0 atom stereocenters. The fourth-order valence-electron chi connectivity index (χ4n) is 3.79. The molecule has 0 saturated carbocycles. The number of nitrogens with one attached hydrogen (secondary N) is 1. The molecule has 0 saturated heterocycles. The molecule has 32 heavy (non-hydrogen) atoms. The molecule has 0 fully saturated rings. The largest absolute Gasteiger partial charge is 0.493 e. The van der Waals surface area contributed by atoms with Gasteiger partial charge >= 0.3 is 0 Å². The molecule has 1 aromatic heterocycles. The van der Waals surface area contributed by atoms with Gasteiger partial charge < -0.3 is 14.8 Å². The molecule has 0 radical (unpaired) electrons. The van der Waals surface area contributed by atoms with Crippen molar-refractivity contribution in [1.29, 1.82) is 0 Å². The zero-order valence-corrected chi connectivity index (χ0v) is 19.5. The molecule has 0 spiro atoms. The molecule has 4 rings (SSSR count). The SMILES string of the molecule is COc1ccc(CC(=O)Nc2ccc3c(c2)CCCN3S(=O)(=O)c2cccs2)cc1OC. The Kier molecular flexibility index (Phi) is 6.38. The molecule has 2 aromatic carbocycles. The van der Waals surface area contributed by atoms with Crippen LogP contribution >= 0.6 is 11.3 Å². The average Bonchev–Trinajstić information content (AvgIpc) is 3.34. The minimum atomic E-state index is -3.58. The highest BCUT2D eigenvalue weighted by molar-refractivity contribution is 7.94. The summed E-state index contributed by atoms with van der Waals surface area (Å²) in [4.78, 5) is 12.6. The number of rotatable bonds is 7. The lowest BCUT2D eigenvalue weighted by atomic mass is 10.0. The molecule has 1 aliphatic rings. The predicted molar refractivity (Wildman–Crippen MR) is 125 cm³/mol. The van der Waals surface area contributed by atoms with E-state index in [1.165, 1.54) is 15.6 Å². The Morgan fingerprint density at radius 2 is 1.91 bits per heavy atom. The first-order chi connectivity index (χ1) is 15.4. The quantitative estimate of drug-likeness (QED) is 0.560. The summed E-state index contributed by atoms with van der Waals surface area (Å²) in [6, 6.07) is 14.1. The van der Waals surface area contributed by atoms with Crippen LogP contribution in [0.5, 0.6) is 11.5 Å². The molecular weight excluding hydrogens is 448 g/mol. The van der Waals surface area contributed by atoms with Crippen LogP contribution in [0.15, 0.2) is 58.1 Å². The number of fused-ring (bicyclic) bond motifs is 1. The van der Waals surface area contributed by atoms with E-state index in [1.54, 1.807) is 56.0 Å². The molecule has 0 aliphatic carbocycles. The van der Waals surface area contributed by atoms with E-state index < -0.39 is 10.0 Å². The number of hydrogen-bond acceptors (Lipinski definition) is 6. The van der Waals surface area contributed by atoms with E-state index in [9.17, 15) is 13.2 Å². The first-order valence-corrected chi connectivity index (χ1v) is 12.4. The summed E-state index contributed by atoms with van der Waals surface area (Å²) in [6.45, 7) is 0.443. The first kappa shape index (κ1) is 22.2. The van der Waals surface area contributed by atoms with Crippen LogP contribution in [0.4, 0.5) is 11.4 Å². The number of ether oxygens (including phenoxy) is 2. The normalized spacial score (nSPS) is 13.4. The smallest absolute Gasteiger partial charge is 0.273 e. The zero-order valence-electron chi connectivity index (χ0n) is 17.8. The molecule has 1 aliphatic heterocycles. The maximum atomic E-state index is 13.0. The number of carbonyl (C=O) groups excluding carboxylic acids is 1. The van der Waals surface area contributed by atoms with Crippen molar-refractivity contribution in [2.45, 2.75) is 23.5 Å². The third-order valence-corrected chi connectivity index (χ3v) is 8.48. The molecule has 3 aromatic rings. The van der Waals surface area contributed by atoms with Crippen molar-refractivity contribution in [1.82, 2.24) is 0 Å². The number of sulfonamides is 1. The second kappa shape index (κ2) is 9.22. The molecule has 9 heteroatoms. The van der Waals surface area contributed by atoms with Crippen molar-refractivity contribution < 1.29 is 22.7 Å². The molecule has 1 N–H and O–H groups in total. The summed E-state index contributed by atoms with van der Waals surface area (Å²) in [6.07, 6.45) is 1.65. The maximum absolute atomic E-state index is 13.0. The maximum Gasteiger partial charge on any atom is 0.273 e. The van der Waals surface area contributed by atoms with Crippen molar-refractivity contribution in [2.75, 3.05) is 30.4 Å². The van der Waals surface area contributed by atoms with Crippen LogP contribution in [-0.2, 0) is 27.7 Å². The van der Waals surface area contributed by atoms with Crippen molar-refractivity contribution in [3.63, 3.8) is 0 Å². The molecule has 0 unspecified atom stereocenters.